The Labute approximate surface area is 96.2 Å². The summed E-state index contributed by atoms with van der Waals surface area (Å²) in [5.41, 5.74) is 0.152. The molecule has 2 fully saturated rings. The van der Waals surface area contributed by atoms with E-state index in [0.717, 1.165) is 19.3 Å². The van der Waals surface area contributed by atoms with Gasteiger partial charge < -0.3 is 14.2 Å². The molecule has 1 saturated carbocycles. The van der Waals surface area contributed by atoms with Crippen LogP contribution in [0, 0.1) is 11.3 Å². The minimum Gasteiger partial charge on any atom is -0.469 e. The second kappa shape index (κ2) is 4.00. The highest BCUT2D eigenvalue weighted by Crippen LogP contribution is 2.48. The Balaban J connectivity index is 2.21. The minimum atomic E-state index is -0.706. The Morgan fingerprint density at radius 2 is 1.88 bits per heavy atom. The molecule has 0 aromatic heterocycles. The molecule has 2 aliphatic rings. The van der Waals surface area contributed by atoms with Crippen molar-refractivity contribution < 1.29 is 19.0 Å². The zero-order valence-corrected chi connectivity index (χ0v) is 10.2. The Hall–Kier alpha value is -0.610. The van der Waals surface area contributed by atoms with Crippen molar-refractivity contribution in [1.29, 1.82) is 0 Å². The molecule has 0 unspecified atom stereocenters. The average Bonchev–Trinajstić information content (AvgIpc) is 2.71. The third kappa shape index (κ3) is 1.96. The van der Waals surface area contributed by atoms with Crippen LogP contribution in [0.25, 0.3) is 0 Å². The molecule has 1 spiro atoms. The highest BCUT2D eigenvalue weighted by Gasteiger charge is 2.53. The number of esters is 1. The Bertz CT molecular complexity index is 279. The first-order chi connectivity index (χ1) is 7.49. The normalized spacial score (nSPS) is 31.6. The van der Waals surface area contributed by atoms with Crippen molar-refractivity contribution in [1.82, 2.24) is 0 Å². The lowest BCUT2D eigenvalue weighted by molar-refractivity contribution is -0.231. The van der Waals surface area contributed by atoms with Crippen LogP contribution in [0.5, 0.6) is 0 Å². The van der Waals surface area contributed by atoms with Crippen LogP contribution in [0.3, 0.4) is 0 Å². The second-order valence-corrected chi connectivity index (χ2v) is 5.45. The van der Waals surface area contributed by atoms with Gasteiger partial charge in [0.2, 0.25) is 0 Å². The van der Waals surface area contributed by atoms with E-state index >= 15 is 0 Å². The van der Waals surface area contributed by atoms with Crippen LogP contribution in [-0.4, -0.2) is 32.1 Å². The van der Waals surface area contributed by atoms with Crippen LogP contribution in [0.15, 0.2) is 0 Å². The molecule has 1 saturated heterocycles. The number of carbonyl (C=O) groups excluding carboxylic acids is 1. The third-order valence-corrected chi connectivity index (χ3v) is 3.70. The molecule has 0 aromatic rings. The van der Waals surface area contributed by atoms with E-state index in [0.29, 0.717) is 13.2 Å². The number of carbonyl (C=O) groups is 1. The molecular weight excluding hydrogens is 208 g/mol. The number of hydrogen-bond donors (Lipinski definition) is 0. The molecule has 16 heavy (non-hydrogen) atoms. The summed E-state index contributed by atoms with van der Waals surface area (Å²) < 4.78 is 16.2. The van der Waals surface area contributed by atoms with E-state index in [2.05, 4.69) is 13.8 Å². The zero-order chi connectivity index (χ0) is 11.8. The topological polar surface area (TPSA) is 44.8 Å². The second-order valence-electron chi connectivity index (χ2n) is 5.45. The molecule has 4 heteroatoms. The van der Waals surface area contributed by atoms with Gasteiger partial charge in [0.1, 0.15) is 5.92 Å². The summed E-state index contributed by atoms with van der Waals surface area (Å²) in [7, 11) is 1.42. The number of rotatable bonds is 1. The lowest BCUT2D eigenvalue weighted by Gasteiger charge is -2.44. The van der Waals surface area contributed by atoms with Gasteiger partial charge in [-0.25, -0.2) is 0 Å². The molecule has 0 radical (unpaired) electrons. The van der Waals surface area contributed by atoms with E-state index in [9.17, 15) is 4.79 Å². The van der Waals surface area contributed by atoms with E-state index in [1.807, 2.05) is 0 Å². The maximum absolute atomic E-state index is 11.8. The fourth-order valence-corrected chi connectivity index (χ4v) is 2.72. The average molecular weight is 228 g/mol. The predicted molar refractivity (Wildman–Crippen MR) is 57.8 cm³/mol. The van der Waals surface area contributed by atoms with E-state index in [-0.39, 0.29) is 17.3 Å². The zero-order valence-electron chi connectivity index (χ0n) is 10.2. The van der Waals surface area contributed by atoms with Gasteiger partial charge in [-0.05, 0) is 18.3 Å². The molecule has 1 heterocycles. The first kappa shape index (κ1) is 11.9. The van der Waals surface area contributed by atoms with E-state index in [4.69, 9.17) is 14.2 Å². The van der Waals surface area contributed by atoms with Gasteiger partial charge in [-0.1, -0.05) is 13.8 Å². The molecule has 0 amide bonds. The van der Waals surface area contributed by atoms with Crippen molar-refractivity contribution in [3.63, 3.8) is 0 Å². The molecule has 92 valence electrons. The monoisotopic (exact) mass is 228 g/mol. The van der Waals surface area contributed by atoms with Gasteiger partial charge in [0.25, 0.3) is 0 Å². The first-order valence-electron chi connectivity index (χ1n) is 5.85. The van der Waals surface area contributed by atoms with Crippen molar-refractivity contribution in [3.05, 3.63) is 0 Å². The van der Waals surface area contributed by atoms with Crippen LogP contribution < -0.4 is 0 Å². The molecular formula is C12H20O4. The van der Waals surface area contributed by atoms with Gasteiger partial charge >= 0.3 is 5.97 Å². The van der Waals surface area contributed by atoms with E-state index in [1.165, 1.54) is 7.11 Å². The minimum absolute atomic E-state index is 0.152. The van der Waals surface area contributed by atoms with Crippen molar-refractivity contribution in [2.75, 3.05) is 20.3 Å². The predicted octanol–water partition coefficient (Wildman–Crippen LogP) is 1.73. The van der Waals surface area contributed by atoms with Crippen molar-refractivity contribution >= 4 is 5.97 Å². The van der Waals surface area contributed by atoms with E-state index < -0.39 is 5.79 Å². The quantitative estimate of drug-likeness (QED) is 0.641. The van der Waals surface area contributed by atoms with Crippen molar-refractivity contribution in [3.8, 4) is 0 Å². The highest BCUT2D eigenvalue weighted by molar-refractivity contribution is 5.73. The van der Waals surface area contributed by atoms with Gasteiger partial charge in [0, 0.05) is 6.42 Å². The molecule has 0 bridgehead atoms. The molecule has 4 nitrogen and oxygen atoms in total. The summed E-state index contributed by atoms with van der Waals surface area (Å²) in [5, 5.41) is 0. The summed E-state index contributed by atoms with van der Waals surface area (Å²) in [6, 6.07) is 0. The fraction of sp³-hybridized carbons (Fsp3) is 0.917. The summed E-state index contributed by atoms with van der Waals surface area (Å²) in [6.45, 7) is 5.50. The number of ether oxygens (including phenoxy) is 3. The molecule has 1 atom stereocenters. The molecule has 0 N–H and O–H groups in total. The van der Waals surface area contributed by atoms with Gasteiger partial charge in [0.15, 0.2) is 5.79 Å². The molecule has 1 aliphatic carbocycles. The van der Waals surface area contributed by atoms with E-state index in [1.54, 1.807) is 0 Å². The van der Waals surface area contributed by atoms with Crippen LogP contribution in [0.4, 0.5) is 0 Å². The number of methoxy groups -OCH3 is 1. The third-order valence-electron chi connectivity index (χ3n) is 3.70. The molecule has 1 aliphatic heterocycles. The lowest BCUT2D eigenvalue weighted by atomic mass is 9.69. The van der Waals surface area contributed by atoms with Crippen LogP contribution >= 0.6 is 0 Å². The maximum atomic E-state index is 11.8. The van der Waals surface area contributed by atoms with Gasteiger partial charge in [-0.3, -0.25) is 4.79 Å². The van der Waals surface area contributed by atoms with Crippen LogP contribution in [0.1, 0.15) is 33.1 Å². The van der Waals surface area contributed by atoms with Gasteiger partial charge in [-0.2, -0.15) is 0 Å². The number of hydrogen-bond acceptors (Lipinski definition) is 4. The Morgan fingerprint density at radius 1 is 1.25 bits per heavy atom. The van der Waals surface area contributed by atoms with Crippen LogP contribution in [0.2, 0.25) is 0 Å². The smallest absolute Gasteiger partial charge is 0.314 e. The van der Waals surface area contributed by atoms with Crippen molar-refractivity contribution in [2.45, 2.75) is 38.9 Å². The summed E-state index contributed by atoms with van der Waals surface area (Å²) in [4.78, 5) is 11.8. The first-order valence-corrected chi connectivity index (χ1v) is 5.85. The molecule has 2 rings (SSSR count). The summed E-state index contributed by atoms with van der Waals surface area (Å²) in [6.07, 6.45) is 2.56. The van der Waals surface area contributed by atoms with Gasteiger partial charge in [-0.15, -0.1) is 0 Å². The SMILES string of the molecule is COC(=O)[C@H]1CC(C)(C)CCC12OCCO2. The van der Waals surface area contributed by atoms with Crippen LogP contribution in [-0.2, 0) is 19.0 Å². The largest absolute Gasteiger partial charge is 0.469 e. The van der Waals surface area contributed by atoms with Gasteiger partial charge in [0.05, 0.1) is 20.3 Å². The molecule has 0 aromatic carbocycles. The Morgan fingerprint density at radius 3 is 2.44 bits per heavy atom. The standard InChI is InChI=1S/C12H20O4/c1-11(2)4-5-12(15-6-7-16-12)9(8-11)10(13)14-3/h9H,4-8H2,1-3H3/t9-/m1/s1. The fourth-order valence-electron chi connectivity index (χ4n) is 2.72. The Kier molecular flexibility index (Phi) is 2.97. The summed E-state index contributed by atoms with van der Waals surface area (Å²) in [5.74, 6) is -1.21. The highest BCUT2D eigenvalue weighted by atomic mass is 16.7. The maximum Gasteiger partial charge on any atom is 0.314 e. The lowest BCUT2D eigenvalue weighted by Crippen LogP contribution is -2.50. The van der Waals surface area contributed by atoms with Crippen molar-refractivity contribution in [2.24, 2.45) is 11.3 Å². The summed E-state index contributed by atoms with van der Waals surface area (Å²) >= 11 is 0.